The highest BCUT2D eigenvalue weighted by molar-refractivity contribution is 5.24. The molecule has 0 unspecified atom stereocenters. The number of aromatic nitrogens is 1. The Morgan fingerprint density at radius 2 is 2.60 bits per heavy atom. The van der Waals surface area contributed by atoms with Crippen molar-refractivity contribution in [3.05, 3.63) is 29.6 Å². The van der Waals surface area contributed by atoms with E-state index in [1.165, 1.54) is 11.1 Å². The van der Waals surface area contributed by atoms with Gasteiger partial charge >= 0.3 is 0 Å². The fraction of sp³-hybridized carbons (Fsp3) is 0.375. The Morgan fingerprint density at radius 3 is 3.50 bits per heavy atom. The third kappa shape index (κ3) is 0.907. The van der Waals surface area contributed by atoms with Gasteiger partial charge < -0.3 is 5.32 Å². The molecule has 2 nitrogen and oxygen atoms in total. The Balaban J connectivity index is 2.41. The van der Waals surface area contributed by atoms with Crippen LogP contribution in [0.5, 0.6) is 0 Å². The molecule has 1 aromatic heterocycles. The maximum atomic E-state index is 3.95. The molecule has 2 heteroatoms. The van der Waals surface area contributed by atoms with Gasteiger partial charge in [0.1, 0.15) is 0 Å². The van der Waals surface area contributed by atoms with Gasteiger partial charge in [-0.25, -0.2) is 0 Å². The van der Waals surface area contributed by atoms with Gasteiger partial charge in [0.25, 0.3) is 0 Å². The van der Waals surface area contributed by atoms with Crippen LogP contribution in [0, 0.1) is 6.20 Å². The van der Waals surface area contributed by atoms with E-state index >= 15 is 0 Å². The highest BCUT2D eigenvalue weighted by Gasteiger charge is 2.06. The van der Waals surface area contributed by atoms with E-state index in [1.54, 1.807) is 6.20 Å². The molecule has 0 aliphatic carbocycles. The Hall–Kier alpha value is -0.890. The van der Waals surface area contributed by atoms with Gasteiger partial charge in [0.05, 0.1) is 6.20 Å². The van der Waals surface area contributed by atoms with Crippen molar-refractivity contribution in [2.75, 3.05) is 6.54 Å². The lowest BCUT2D eigenvalue weighted by Crippen LogP contribution is -2.23. The van der Waals surface area contributed by atoms with E-state index < -0.39 is 0 Å². The van der Waals surface area contributed by atoms with E-state index in [1.807, 2.05) is 0 Å². The molecule has 0 saturated carbocycles. The van der Waals surface area contributed by atoms with Crippen LogP contribution in [0.2, 0.25) is 0 Å². The quantitative estimate of drug-likeness (QED) is 0.558. The smallest absolute Gasteiger partial charge is 0.0924 e. The van der Waals surface area contributed by atoms with Gasteiger partial charge in [-0.15, -0.1) is 0 Å². The number of nitrogens with one attached hydrogen (secondary N) is 1. The molecular weight excluding hydrogens is 124 g/mol. The van der Waals surface area contributed by atoms with Crippen molar-refractivity contribution in [1.29, 1.82) is 0 Å². The Labute approximate surface area is 60.3 Å². The molecule has 2 heterocycles. The molecule has 10 heavy (non-hydrogen) atoms. The number of rotatable bonds is 0. The number of hydrogen-bond acceptors (Lipinski definition) is 2. The minimum absolute atomic E-state index is 0.981. The normalized spacial score (nSPS) is 16.4. The van der Waals surface area contributed by atoms with Crippen molar-refractivity contribution < 1.29 is 0 Å². The van der Waals surface area contributed by atoms with Crippen LogP contribution >= 0.6 is 0 Å². The number of pyridine rings is 1. The lowest BCUT2D eigenvalue weighted by Gasteiger charge is -2.14. The fourth-order valence-electron chi connectivity index (χ4n) is 1.23. The Morgan fingerprint density at radius 1 is 1.60 bits per heavy atom. The largest absolute Gasteiger partial charge is 0.312 e. The SMILES string of the molecule is [c]1nccc2c1CCNC2. The van der Waals surface area contributed by atoms with Gasteiger partial charge in [0.2, 0.25) is 0 Å². The first-order chi connectivity index (χ1) is 4.97. The number of hydrogen-bond donors (Lipinski definition) is 1. The predicted octanol–water partition coefficient (Wildman–Crippen LogP) is 0.527. The van der Waals surface area contributed by atoms with E-state index in [2.05, 4.69) is 22.6 Å². The third-order valence-electron chi connectivity index (χ3n) is 1.80. The molecular formula is C8H9N2. The molecule has 0 bridgehead atoms. The van der Waals surface area contributed by atoms with Crippen molar-refractivity contribution in [2.45, 2.75) is 13.0 Å². The summed E-state index contributed by atoms with van der Waals surface area (Å²) in [4.78, 5) is 3.95. The second kappa shape index (κ2) is 2.39. The monoisotopic (exact) mass is 133 g/mol. The van der Waals surface area contributed by atoms with Gasteiger partial charge in [-0.05, 0) is 30.2 Å². The van der Waals surface area contributed by atoms with Crippen LogP contribution in [0.3, 0.4) is 0 Å². The molecule has 1 aliphatic rings. The summed E-state index contributed by atoms with van der Waals surface area (Å²) >= 11 is 0. The van der Waals surface area contributed by atoms with Crippen LogP contribution < -0.4 is 5.32 Å². The molecule has 1 N–H and O–H groups in total. The lowest BCUT2D eigenvalue weighted by molar-refractivity contribution is 0.640. The topological polar surface area (TPSA) is 24.9 Å². The molecule has 1 aliphatic heterocycles. The molecule has 0 spiro atoms. The van der Waals surface area contributed by atoms with Gasteiger partial charge in [-0.3, -0.25) is 4.98 Å². The van der Waals surface area contributed by atoms with E-state index in [4.69, 9.17) is 0 Å². The summed E-state index contributed by atoms with van der Waals surface area (Å²) in [5.74, 6) is 0. The summed E-state index contributed by atoms with van der Waals surface area (Å²) in [7, 11) is 0. The first-order valence-electron chi connectivity index (χ1n) is 3.52. The summed E-state index contributed by atoms with van der Waals surface area (Å²) in [6, 6.07) is 2.05. The fourth-order valence-corrected chi connectivity index (χ4v) is 1.23. The van der Waals surface area contributed by atoms with Crippen LogP contribution in [0.15, 0.2) is 12.3 Å². The molecule has 0 fully saturated rings. The zero-order valence-corrected chi connectivity index (χ0v) is 5.72. The molecule has 0 atom stereocenters. The molecule has 0 aromatic carbocycles. The predicted molar refractivity (Wildman–Crippen MR) is 38.5 cm³/mol. The Kier molecular flexibility index (Phi) is 1.40. The first kappa shape index (κ1) is 5.86. The number of fused-ring (bicyclic) bond motifs is 1. The van der Waals surface area contributed by atoms with Gasteiger partial charge in [-0.1, -0.05) is 0 Å². The summed E-state index contributed by atoms with van der Waals surface area (Å²) in [6.07, 6.45) is 5.87. The zero-order chi connectivity index (χ0) is 6.81. The van der Waals surface area contributed by atoms with E-state index in [0.717, 1.165) is 19.5 Å². The molecule has 2 rings (SSSR count). The minimum Gasteiger partial charge on any atom is -0.312 e. The minimum atomic E-state index is 0.981. The van der Waals surface area contributed by atoms with Crippen LogP contribution in [-0.2, 0) is 13.0 Å². The Bertz CT molecular complexity index is 207. The van der Waals surface area contributed by atoms with Crippen molar-refractivity contribution in [2.24, 2.45) is 0 Å². The highest BCUT2D eigenvalue weighted by atomic mass is 14.9. The molecule has 1 aromatic rings. The van der Waals surface area contributed by atoms with Gasteiger partial charge in [-0.2, -0.15) is 0 Å². The van der Waals surface area contributed by atoms with Crippen molar-refractivity contribution in [1.82, 2.24) is 10.3 Å². The van der Waals surface area contributed by atoms with Crippen LogP contribution in [0.4, 0.5) is 0 Å². The average Bonchev–Trinajstić information content (AvgIpc) is 2.05. The zero-order valence-electron chi connectivity index (χ0n) is 5.72. The summed E-state index contributed by atoms with van der Waals surface area (Å²) < 4.78 is 0. The van der Waals surface area contributed by atoms with E-state index in [0.29, 0.717) is 0 Å². The number of nitrogens with zero attached hydrogens (tertiary/aromatic N) is 1. The second-order valence-corrected chi connectivity index (χ2v) is 2.49. The molecule has 51 valence electrons. The highest BCUT2D eigenvalue weighted by Crippen LogP contribution is 2.09. The van der Waals surface area contributed by atoms with Gasteiger partial charge in [0, 0.05) is 12.7 Å². The summed E-state index contributed by atoms with van der Waals surface area (Å²) in [6.45, 7) is 2.05. The maximum Gasteiger partial charge on any atom is 0.0924 e. The van der Waals surface area contributed by atoms with Crippen molar-refractivity contribution in [3.8, 4) is 0 Å². The standard InChI is InChI=1S/C8H9N2/c1-3-9-6-8-2-4-10-5-7(1)8/h1,3,10H,2,4-5H2. The summed E-state index contributed by atoms with van der Waals surface area (Å²) in [5, 5.41) is 3.29. The van der Waals surface area contributed by atoms with Crippen molar-refractivity contribution >= 4 is 0 Å². The van der Waals surface area contributed by atoms with Crippen molar-refractivity contribution in [3.63, 3.8) is 0 Å². The molecule has 0 amide bonds. The summed E-state index contributed by atoms with van der Waals surface area (Å²) in [5.41, 5.74) is 2.63. The second-order valence-electron chi connectivity index (χ2n) is 2.49. The lowest BCUT2D eigenvalue weighted by atomic mass is 10.0. The molecule has 1 radical (unpaired) electrons. The first-order valence-corrected chi connectivity index (χ1v) is 3.52. The third-order valence-corrected chi connectivity index (χ3v) is 1.80. The van der Waals surface area contributed by atoms with E-state index in [9.17, 15) is 0 Å². The van der Waals surface area contributed by atoms with Gasteiger partial charge in [0.15, 0.2) is 0 Å². The van der Waals surface area contributed by atoms with E-state index in [-0.39, 0.29) is 0 Å². The molecule has 0 saturated heterocycles. The average molecular weight is 133 g/mol. The maximum absolute atomic E-state index is 3.95. The van der Waals surface area contributed by atoms with Crippen LogP contribution in [0.1, 0.15) is 11.1 Å². The van der Waals surface area contributed by atoms with Crippen LogP contribution in [-0.4, -0.2) is 11.5 Å². The van der Waals surface area contributed by atoms with Crippen LogP contribution in [0.25, 0.3) is 0 Å².